The van der Waals surface area contributed by atoms with Crippen LogP contribution in [0.2, 0.25) is 0 Å². The smallest absolute Gasteiger partial charge is 0.223 e. The fourth-order valence-corrected chi connectivity index (χ4v) is 2.10. The second-order valence-electron chi connectivity index (χ2n) is 4.24. The number of nitrogens with one attached hydrogen (secondary N) is 1. The van der Waals surface area contributed by atoms with Crippen molar-refractivity contribution >= 4 is 11.6 Å². The van der Waals surface area contributed by atoms with Gasteiger partial charge in [0.2, 0.25) is 5.91 Å². The van der Waals surface area contributed by atoms with Gasteiger partial charge in [0.1, 0.15) is 0 Å². The SMILES string of the molecule is Nc1cccnc1CNC(=O)C1CCCC1. The van der Waals surface area contributed by atoms with E-state index in [2.05, 4.69) is 10.3 Å². The van der Waals surface area contributed by atoms with E-state index in [1.165, 1.54) is 12.8 Å². The van der Waals surface area contributed by atoms with E-state index in [-0.39, 0.29) is 11.8 Å². The summed E-state index contributed by atoms with van der Waals surface area (Å²) in [4.78, 5) is 15.9. The molecule has 0 spiro atoms. The predicted molar refractivity (Wildman–Crippen MR) is 62.5 cm³/mol. The number of carbonyl (C=O) groups is 1. The number of anilines is 1. The van der Waals surface area contributed by atoms with E-state index in [4.69, 9.17) is 5.73 Å². The molecule has 1 aromatic heterocycles. The molecule has 1 heterocycles. The average Bonchev–Trinajstić information content (AvgIpc) is 2.81. The Morgan fingerprint density at radius 1 is 1.50 bits per heavy atom. The summed E-state index contributed by atoms with van der Waals surface area (Å²) in [6.07, 6.45) is 6.06. The van der Waals surface area contributed by atoms with Gasteiger partial charge < -0.3 is 11.1 Å². The van der Waals surface area contributed by atoms with Crippen LogP contribution in [-0.4, -0.2) is 10.9 Å². The first-order chi connectivity index (χ1) is 7.77. The lowest BCUT2D eigenvalue weighted by atomic mass is 10.1. The third-order valence-corrected chi connectivity index (χ3v) is 3.08. The van der Waals surface area contributed by atoms with E-state index in [0.29, 0.717) is 12.2 Å². The van der Waals surface area contributed by atoms with Gasteiger partial charge in [-0.2, -0.15) is 0 Å². The van der Waals surface area contributed by atoms with E-state index in [9.17, 15) is 4.79 Å². The number of hydrogen-bond acceptors (Lipinski definition) is 3. The molecule has 86 valence electrons. The molecule has 4 nitrogen and oxygen atoms in total. The second kappa shape index (κ2) is 4.96. The lowest BCUT2D eigenvalue weighted by molar-refractivity contribution is -0.124. The topological polar surface area (TPSA) is 68.0 Å². The zero-order valence-electron chi connectivity index (χ0n) is 9.28. The minimum Gasteiger partial charge on any atom is -0.397 e. The molecular weight excluding hydrogens is 202 g/mol. The summed E-state index contributed by atoms with van der Waals surface area (Å²) in [7, 11) is 0. The second-order valence-corrected chi connectivity index (χ2v) is 4.24. The van der Waals surface area contributed by atoms with E-state index in [0.717, 1.165) is 18.5 Å². The number of pyridine rings is 1. The van der Waals surface area contributed by atoms with E-state index in [1.54, 1.807) is 18.3 Å². The minimum atomic E-state index is 0.141. The Labute approximate surface area is 95.3 Å². The Kier molecular flexibility index (Phi) is 3.39. The molecule has 0 aromatic carbocycles. The predicted octanol–water partition coefficient (Wildman–Crippen LogP) is 1.47. The number of hydrogen-bond donors (Lipinski definition) is 2. The largest absolute Gasteiger partial charge is 0.397 e. The van der Waals surface area contributed by atoms with Crippen molar-refractivity contribution in [1.29, 1.82) is 0 Å². The molecule has 0 bridgehead atoms. The van der Waals surface area contributed by atoms with Gasteiger partial charge in [-0.05, 0) is 25.0 Å². The molecule has 1 fully saturated rings. The van der Waals surface area contributed by atoms with Crippen LogP contribution in [-0.2, 0) is 11.3 Å². The van der Waals surface area contributed by atoms with Gasteiger partial charge in [0, 0.05) is 12.1 Å². The molecule has 0 atom stereocenters. The zero-order valence-corrected chi connectivity index (χ0v) is 9.28. The number of nitrogen functional groups attached to an aromatic ring is 1. The van der Waals surface area contributed by atoms with Crippen molar-refractivity contribution in [2.45, 2.75) is 32.2 Å². The maximum atomic E-state index is 11.8. The van der Waals surface area contributed by atoms with Crippen LogP contribution in [0.5, 0.6) is 0 Å². The normalized spacial score (nSPS) is 16.2. The third-order valence-electron chi connectivity index (χ3n) is 3.08. The molecule has 16 heavy (non-hydrogen) atoms. The molecule has 4 heteroatoms. The maximum Gasteiger partial charge on any atom is 0.223 e. The highest BCUT2D eigenvalue weighted by atomic mass is 16.1. The van der Waals surface area contributed by atoms with Crippen LogP contribution in [0.25, 0.3) is 0 Å². The standard InChI is InChI=1S/C12H17N3O/c13-10-6-3-7-14-11(10)8-15-12(16)9-4-1-2-5-9/h3,6-7,9H,1-2,4-5,8,13H2,(H,15,16). The van der Waals surface area contributed by atoms with Gasteiger partial charge in [0.05, 0.1) is 17.9 Å². The molecule has 0 unspecified atom stereocenters. The van der Waals surface area contributed by atoms with Crippen LogP contribution in [0.3, 0.4) is 0 Å². The lowest BCUT2D eigenvalue weighted by Gasteiger charge is -2.10. The Bertz CT molecular complexity index is 372. The number of carbonyl (C=O) groups excluding carboxylic acids is 1. The Morgan fingerprint density at radius 3 is 2.94 bits per heavy atom. The number of aromatic nitrogens is 1. The third kappa shape index (κ3) is 2.51. The van der Waals surface area contributed by atoms with Crippen molar-refractivity contribution < 1.29 is 4.79 Å². The molecule has 1 aliphatic carbocycles. The molecule has 0 aliphatic heterocycles. The molecule has 0 saturated heterocycles. The monoisotopic (exact) mass is 219 g/mol. The first-order valence-corrected chi connectivity index (χ1v) is 5.74. The van der Waals surface area contributed by atoms with Gasteiger partial charge in [-0.1, -0.05) is 12.8 Å². The summed E-state index contributed by atoms with van der Waals surface area (Å²) >= 11 is 0. The summed E-state index contributed by atoms with van der Waals surface area (Å²) in [5.41, 5.74) is 7.12. The Hall–Kier alpha value is -1.58. The van der Waals surface area contributed by atoms with Crippen LogP contribution in [0.4, 0.5) is 5.69 Å². The van der Waals surface area contributed by atoms with Gasteiger partial charge in [0.15, 0.2) is 0 Å². The Balaban J connectivity index is 1.87. The van der Waals surface area contributed by atoms with Crippen LogP contribution in [0.15, 0.2) is 18.3 Å². The van der Waals surface area contributed by atoms with E-state index in [1.807, 2.05) is 0 Å². The average molecular weight is 219 g/mol. The molecule has 1 aromatic rings. The van der Waals surface area contributed by atoms with Crippen molar-refractivity contribution in [2.24, 2.45) is 5.92 Å². The lowest BCUT2D eigenvalue weighted by Crippen LogP contribution is -2.29. The summed E-state index contributed by atoms with van der Waals surface area (Å²) in [5.74, 6) is 0.340. The highest BCUT2D eigenvalue weighted by molar-refractivity contribution is 5.78. The van der Waals surface area contributed by atoms with Crippen molar-refractivity contribution in [1.82, 2.24) is 10.3 Å². The summed E-state index contributed by atoms with van der Waals surface area (Å²) < 4.78 is 0. The van der Waals surface area contributed by atoms with Crippen LogP contribution in [0.1, 0.15) is 31.4 Å². The van der Waals surface area contributed by atoms with Gasteiger partial charge in [-0.15, -0.1) is 0 Å². The molecule has 1 amide bonds. The Morgan fingerprint density at radius 2 is 2.25 bits per heavy atom. The van der Waals surface area contributed by atoms with Gasteiger partial charge in [-0.3, -0.25) is 9.78 Å². The summed E-state index contributed by atoms with van der Waals surface area (Å²) in [5, 5.41) is 2.90. The number of amides is 1. The van der Waals surface area contributed by atoms with Crippen molar-refractivity contribution in [3.8, 4) is 0 Å². The van der Waals surface area contributed by atoms with Crippen molar-refractivity contribution in [3.05, 3.63) is 24.0 Å². The van der Waals surface area contributed by atoms with E-state index < -0.39 is 0 Å². The molecular formula is C12H17N3O. The summed E-state index contributed by atoms with van der Waals surface area (Å²) in [6, 6.07) is 3.59. The molecule has 3 N–H and O–H groups in total. The number of rotatable bonds is 3. The van der Waals surface area contributed by atoms with Crippen LogP contribution in [0, 0.1) is 5.92 Å². The molecule has 1 saturated carbocycles. The summed E-state index contributed by atoms with van der Waals surface area (Å²) in [6.45, 7) is 0.433. The minimum absolute atomic E-state index is 0.141. The van der Waals surface area contributed by atoms with Crippen LogP contribution >= 0.6 is 0 Å². The van der Waals surface area contributed by atoms with Gasteiger partial charge in [-0.25, -0.2) is 0 Å². The molecule has 1 aliphatic rings. The fourth-order valence-electron chi connectivity index (χ4n) is 2.10. The van der Waals surface area contributed by atoms with Crippen molar-refractivity contribution in [2.75, 3.05) is 5.73 Å². The van der Waals surface area contributed by atoms with Crippen molar-refractivity contribution in [3.63, 3.8) is 0 Å². The highest BCUT2D eigenvalue weighted by Gasteiger charge is 2.22. The quantitative estimate of drug-likeness (QED) is 0.809. The fraction of sp³-hybridized carbons (Fsp3) is 0.500. The van der Waals surface area contributed by atoms with E-state index >= 15 is 0 Å². The first kappa shape index (κ1) is 10.9. The number of nitrogens with two attached hydrogens (primary N) is 1. The first-order valence-electron chi connectivity index (χ1n) is 5.74. The van der Waals surface area contributed by atoms with Crippen LogP contribution < -0.4 is 11.1 Å². The maximum absolute atomic E-state index is 11.8. The van der Waals surface area contributed by atoms with Gasteiger partial charge >= 0.3 is 0 Å². The molecule has 0 radical (unpaired) electrons. The molecule has 2 rings (SSSR count). The highest BCUT2D eigenvalue weighted by Crippen LogP contribution is 2.24. The number of nitrogens with zero attached hydrogens (tertiary/aromatic N) is 1. The zero-order chi connectivity index (χ0) is 11.4. The van der Waals surface area contributed by atoms with Gasteiger partial charge in [0.25, 0.3) is 0 Å².